The summed E-state index contributed by atoms with van der Waals surface area (Å²) < 4.78 is 6.68. The summed E-state index contributed by atoms with van der Waals surface area (Å²) in [5.41, 5.74) is 0.503. The van der Waals surface area contributed by atoms with E-state index < -0.39 is 6.04 Å². The molecule has 1 aromatic rings. The molecule has 0 aromatic carbocycles. The molecule has 132 valence electrons. The molecule has 0 unspecified atom stereocenters. The molecule has 0 bridgehead atoms. The van der Waals surface area contributed by atoms with Gasteiger partial charge >= 0.3 is 5.97 Å². The number of amides is 1. The van der Waals surface area contributed by atoms with E-state index in [-0.39, 0.29) is 17.8 Å². The molecule has 1 amide bonds. The minimum atomic E-state index is -0.550. The molecule has 6 nitrogen and oxygen atoms in total. The van der Waals surface area contributed by atoms with Crippen LogP contribution in [0.2, 0.25) is 0 Å². The molecule has 0 spiro atoms. The Balaban J connectivity index is 1.73. The second-order valence-electron chi connectivity index (χ2n) is 6.66. The zero-order chi connectivity index (χ0) is 17.1. The molecule has 2 fully saturated rings. The minimum absolute atomic E-state index is 0.212. The van der Waals surface area contributed by atoms with Gasteiger partial charge in [-0.05, 0) is 55.8 Å². The summed E-state index contributed by atoms with van der Waals surface area (Å²) in [7, 11) is 1.39. The molecule has 3 rings (SSSR count). The molecular weight excluding hydrogens is 326 g/mol. The summed E-state index contributed by atoms with van der Waals surface area (Å²) in [6.07, 6.45) is 8.24. The normalized spacial score (nSPS) is 18.5. The number of carbonyl (C=O) groups excluding carboxylic acids is 2. The largest absolute Gasteiger partial charge is 0.467 e. The molecule has 1 aromatic heterocycles. The molecule has 1 heterocycles. The third kappa shape index (κ3) is 3.94. The smallest absolute Gasteiger partial charge is 0.328 e. The first-order chi connectivity index (χ1) is 11.7. The number of methoxy groups -OCH3 is 1. The maximum atomic E-state index is 12.7. The van der Waals surface area contributed by atoms with Crippen molar-refractivity contribution in [2.24, 2.45) is 17.8 Å². The van der Waals surface area contributed by atoms with Gasteiger partial charge in [-0.1, -0.05) is 0 Å². The van der Waals surface area contributed by atoms with Crippen molar-refractivity contribution < 1.29 is 14.3 Å². The standard InChI is InChI=1S/C17H25N3O3S/c1-23-17(22)15(14(11-3-4-11)12-5-6-12)19-16(21)13-7-8-18-20(13)9-10-24-2/h7-8,11-12,14-15H,3-6,9-10H2,1-2H3,(H,19,21)/t15-/m0/s1. The van der Waals surface area contributed by atoms with E-state index in [9.17, 15) is 9.59 Å². The van der Waals surface area contributed by atoms with Crippen LogP contribution < -0.4 is 5.32 Å². The van der Waals surface area contributed by atoms with Crippen molar-refractivity contribution in [2.45, 2.75) is 38.3 Å². The van der Waals surface area contributed by atoms with Crippen LogP contribution in [0.4, 0.5) is 0 Å². The first-order valence-corrected chi connectivity index (χ1v) is 9.94. The zero-order valence-electron chi connectivity index (χ0n) is 14.2. The van der Waals surface area contributed by atoms with Crippen molar-refractivity contribution in [3.05, 3.63) is 18.0 Å². The quantitative estimate of drug-likeness (QED) is 0.689. The Morgan fingerprint density at radius 3 is 2.58 bits per heavy atom. The van der Waals surface area contributed by atoms with E-state index in [1.807, 2.05) is 6.26 Å². The summed E-state index contributed by atoms with van der Waals surface area (Å²) in [6, 6.07) is 1.15. The van der Waals surface area contributed by atoms with Gasteiger partial charge in [-0.3, -0.25) is 9.48 Å². The molecule has 1 atom stereocenters. The van der Waals surface area contributed by atoms with E-state index in [2.05, 4.69) is 10.4 Å². The van der Waals surface area contributed by atoms with Crippen LogP contribution in [-0.2, 0) is 16.1 Å². The summed E-state index contributed by atoms with van der Waals surface area (Å²) in [4.78, 5) is 25.0. The number of aromatic nitrogens is 2. The van der Waals surface area contributed by atoms with Gasteiger partial charge in [0, 0.05) is 11.9 Å². The fourth-order valence-corrected chi connectivity index (χ4v) is 3.78. The summed E-state index contributed by atoms with van der Waals surface area (Å²) in [5.74, 6) is 1.61. The van der Waals surface area contributed by atoms with Crippen LogP contribution in [0.3, 0.4) is 0 Å². The average molecular weight is 351 g/mol. The van der Waals surface area contributed by atoms with Crippen molar-refractivity contribution in [2.75, 3.05) is 19.1 Å². The van der Waals surface area contributed by atoms with Crippen molar-refractivity contribution >= 4 is 23.6 Å². The number of ether oxygens (including phenoxy) is 1. The fraction of sp³-hybridized carbons (Fsp3) is 0.706. The number of thioether (sulfide) groups is 1. The van der Waals surface area contributed by atoms with Crippen molar-refractivity contribution in [3.8, 4) is 0 Å². The first-order valence-electron chi connectivity index (χ1n) is 8.55. The topological polar surface area (TPSA) is 73.2 Å². The lowest BCUT2D eigenvalue weighted by Crippen LogP contribution is -2.48. The Kier molecular flexibility index (Phi) is 5.48. The summed E-state index contributed by atoms with van der Waals surface area (Å²) >= 11 is 1.71. The molecule has 2 saturated carbocycles. The maximum absolute atomic E-state index is 12.7. The predicted octanol–water partition coefficient (Wildman–Crippen LogP) is 1.95. The summed E-state index contributed by atoms with van der Waals surface area (Å²) in [5, 5.41) is 7.16. The van der Waals surface area contributed by atoms with Gasteiger partial charge in [-0.25, -0.2) is 4.79 Å². The van der Waals surface area contributed by atoms with E-state index in [1.165, 1.54) is 7.11 Å². The highest BCUT2D eigenvalue weighted by atomic mass is 32.2. The molecule has 2 aliphatic rings. The van der Waals surface area contributed by atoms with Crippen LogP contribution in [0.1, 0.15) is 36.2 Å². The number of aryl methyl sites for hydroxylation is 1. The zero-order valence-corrected chi connectivity index (χ0v) is 15.1. The van der Waals surface area contributed by atoms with Gasteiger partial charge in [0.25, 0.3) is 5.91 Å². The molecule has 0 saturated heterocycles. The number of hydrogen-bond acceptors (Lipinski definition) is 5. The highest BCUT2D eigenvalue weighted by molar-refractivity contribution is 7.98. The van der Waals surface area contributed by atoms with Crippen LogP contribution in [0.5, 0.6) is 0 Å². The monoisotopic (exact) mass is 351 g/mol. The van der Waals surface area contributed by atoms with E-state index in [1.54, 1.807) is 28.7 Å². The lowest BCUT2D eigenvalue weighted by molar-refractivity contribution is -0.145. The maximum Gasteiger partial charge on any atom is 0.328 e. The van der Waals surface area contributed by atoms with Crippen molar-refractivity contribution in [3.63, 3.8) is 0 Å². The third-order valence-electron chi connectivity index (χ3n) is 4.92. The van der Waals surface area contributed by atoms with E-state index in [4.69, 9.17) is 4.74 Å². The predicted molar refractivity (Wildman–Crippen MR) is 92.8 cm³/mol. The van der Waals surface area contributed by atoms with Crippen LogP contribution in [0.25, 0.3) is 0 Å². The van der Waals surface area contributed by atoms with Crippen LogP contribution in [-0.4, -0.2) is 46.8 Å². The Morgan fingerprint density at radius 1 is 1.38 bits per heavy atom. The number of nitrogens with zero attached hydrogens (tertiary/aromatic N) is 2. The molecule has 24 heavy (non-hydrogen) atoms. The van der Waals surface area contributed by atoms with E-state index in [0.717, 1.165) is 31.4 Å². The number of esters is 1. The van der Waals surface area contributed by atoms with Gasteiger partial charge in [0.1, 0.15) is 11.7 Å². The average Bonchev–Trinajstić information content (AvgIpc) is 3.52. The van der Waals surface area contributed by atoms with Gasteiger partial charge in [-0.2, -0.15) is 16.9 Å². The number of rotatable bonds is 9. The summed E-state index contributed by atoms with van der Waals surface area (Å²) in [6.45, 7) is 0.675. The highest BCUT2D eigenvalue weighted by Gasteiger charge is 2.48. The van der Waals surface area contributed by atoms with Crippen molar-refractivity contribution in [1.82, 2.24) is 15.1 Å². The number of nitrogens with one attached hydrogen (secondary N) is 1. The van der Waals surface area contributed by atoms with Crippen molar-refractivity contribution in [1.29, 1.82) is 0 Å². The second kappa shape index (κ2) is 7.59. The Bertz CT molecular complexity index is 584. The van der Waals surface area contributed by atoms with Gasteiger partial charge < -0.3 is 10.1 Å². The lowest BCUT2D eigenvalue weighted by atomic mass is 9.89. The SMILES string of the molecule is COC(=O)[C@@H](NC(=O)c1ccnn1CCSC)C(C1CC1)C1CC1. The highest BCUT2D eigenvalue weighted by Crippen LogP contribution is 2.50. The number of hydrogen-bond donors (Lipinski definition) is 1. The Labute approximate surface area is 146 Å². The molecule has 2 aliphatic carbocycles. The van der Waals surface area contributed by atoms with Gasteiger partial charge in [-0.15, -0.1) is 0 Å². The number of carbonyl (C=O) groups is 2. The molecule has 0 aliphatic heterocycles. The van der Waals surface area contributed by atoms with Crippen LogP contribution in [0.15, 0.2) is 12.3 Å². The van der Waals surface area contributed by atoms with Gasteiger partial charge in [0.05, 0.1) is 13.7 Å². The third-order valence-corrected chi connectivity index (χ3v) is 5.51. The van der Waals surface area contributed by atoms with Crippen LogP contribution in [0, 0.1) is 17.8 Å². The lowest BCUT2D eigenvalue weighted by Gasteiger charge is -2.26. The molecule has 7 heteroatoms. The first kappa shape index (κ1) is 17.3. The fourth-order valence-electron chi connectivity index (χ4n) is 3.43. The van der Waals surface area contributed by atoms with Crippen LogP contribution >= 0.6 is 11.8 Å². The van der Waals surface area contributed by atoms with E-state index in [0.29, 0.717) is 24.1 Å². The molecule has 1 N–H and O–H groups in total. The van der Waals surface area contributed by atoms with Gasteiger partial charge in [0.15, 0.2) is 0 Å². The molecular formula is C17H25N3O3S. The second-order valence-corrected chi connectivity index (χ2v) is 7.64. The van der Waals surface area contributed by atoms with E-state index >= 15 is 0 Å². The van der Waals surface area contributed by atoms with Gasteiger partial charge in [0.2, 0.25) is 0 Å². The Hall–Kier alpha value is -1.50. The Morgan fingerprint density at radius 2 is 2.04 bits per heavy atom. The minimum Gasteiger partial charge on any atom is -0.467 e. The molecule has 0 radical (unpaired) electrons.